The van der Waals surface area contributed by atoms with E-state index in [4.69, 9.17) is 4.98 Å². The van der Waals surface area contributed by atoms with Crippen LogP contribution in [0, 0.1) is 0 Å². The van der Waals surface area contributed by atoms with Gasteiger partial charge < -0.3 is 9.80 Å². The maximum absolute atomic E-state index is 5.28. The molecule has 0 unspecified atom stereocenters. The van der Waals surface area contributed by atoms with E-state index in [1.165, 1.54) is 83.5 Å². The van der Waals surface area contributed by atoms with Gasteiger partial charge in [-0.3, -0.25) is 4.57 Å². The molecule has 2 aromatic heterocycles. The third-order valence-corrected chi connectivity index (χ3v) is 14.0. The van der Waals surface area contributed by atoms with E-state index in [1.54, 1.807) is 0 Å². The lowest BCUT2D eigenvalue weighted by Gasteiger charge is -2.30. The molecule has 0 spiro atoms. The minimum absolute atomic E-state index is 0.0299. The number of aromatic nitrogens is 2. The molecule has 0 amide bonds. The number of anilines is 4. The van der Waals surface area contributed by atoms with Gasteiger partial charge in [-0.05, 0) is 115 Å². The molecule has 1 aliphatic rings. The van der Waals surface area contributed by atoms with Crippen molar-refractivity contribution in [2.24, 2.45) is 0 Å². The second-order valence-electron chi connectivity index (χ2n) is 23.2. The predicted molar refractivity (Wildman–Crippen MR) is 279 cm³/mol. The van der Waals surface area contributed by atoms with Crippen molar-refractivity contribution in [2.75, 3.05) is 16.5 Å². The van der Waals surface area contributed by atoms with E-state index in [0.717, 1.165) is 18.0 Å². The van der Waals surface area contributed by atoms with Crippen LogP contribution in [-0.2, 0) is 27.1 Å². The van der Waals surface area contributed by atoms with E-state index in [-0.39, 0.29) is 27.1 Å². The average molecular weight is 857 g/mol. The molecule has 9 rings (SSSR count). The van der Waals surface area contributed by atoms with Gasteiger partial charge >= 0.3 is 0 Å². The highest BCUT2D eigenvalue weighted by Gasteiger charge is 2.32. The first-order valence-electron chi connectivity index (χ1n) is 23.6. The molecule has 0 N–H and O–H groups in total. The highest BCUT2D eigenvalue weighted by molar-refractivity contribution is 6.09. The SMILES string of the molecule is CC(C)(C)c1ccc(-c2cnc(-n3c4ccccc4c4ccc(C(C)(C)c5cccc(N6CN(c7cc(C(C)(C)C)cc(C(C)(C)C)c7)c7ccccc76)c5)cc43)cc2C(C)(C)C)cc1. The Bertz CT molecular complexity index is 3050. The van der Waals surface area contributed by atoms with Gasteiger partial charge in [0.25, 0.3) is 0 Å². The van der Waals surface area contributed by atoms with Crippen LogP contribution in [-0.4, -0.2) is 16.2 Å². The van der Waals surface area contributed by atoms with Crippen molar-refractivity contribution in [1.82, 2.24) is 9.55 Å². The Kier molecular flexibility index (Phi) is 10.5. The fourth-order valence-corrected chi connectivity index (χ4v) is 9.69. The standard InChI is InChI=1S/C61H68N4/c1-57(2,3)41-28-26-40(27-29-41)50-38-62-56(37-51(50)60(10,11)12)65-52-23-16-15-22-48(52)49-31-30-43(36-55(49)65)61(13,14)42-20-19-21-46(33-42)63-39-64(54-25-18-17-24-53(54)63)47-34-44(58(4,5)6)32-45(35-47)59(7,8)9/h15-38H,39H2,1-14H3. The molecule has 0 radical (unpaired) electrons. The molecule has 0 atom stereocenters. The quantitative estimate of drug-likeness (QED) is 0.166. The number of nitrogens with zero attached hydrogens (tertiary/aromatic N) is 4. The molecular weight excluding hydrogens is 789 g/mol. The third-order valence-electron chi connectivity index (χ3n) is 14.0. The van der Waals surface area contributed by atoms with Crippen LogP contribution < -0.4 is 9.80 Å². The van der Waals surface area contributed by atoms with Crippen molar-refractivity contribution in [3.8, 4) is 16.9 Å². The summed E-state index contributed by atoms with van der Waals surface area (Å²) in [6.07, 6.45) is 2.10. The number of hydrogen-bond acceptors (Lipinski definition) is 3. The summed E-state index contributed by atoms with van der Waals surface area (Å²) in [5.74, 6) is 0.938. The molecule has 6 aromatic carbocycles. The van der Waals surface area contributed by atoms with E-state index >= 15 is 0 Å². The Balaban J connectivity index is 1.11. The summed E-state index contributed by atoms with van der Waals surface area (Å²) in [5, 5.41) is 2.46. The zero-order valence-electron chi connectivity index (χ0n) is 41.4. The molecule has 0 fully saturated rings. The molecule has 4 heteroatoms. The van der Waals surface area contributed by atoms with E-state index in [2.05, 4.69) is 257 Å². The number of rotatable bonds is 6. The molecule has 8 aromatic rings. The van der Waals surface area contributed by atoms with Gasteiger partial charge in [0.15, 0.2) is 0 Å². The number of para-hydroxylation sites is 3. The number of pyridine rings is 1. The van der Waals surface area contributed by atoms with Gasteiger partial charge in [0, 0.05) is 39.3 Å². The summed E-state index contributed by atoms with van der Waals surface area (Å²) in [7, 11) is 0. The first-order chi connectivity index (χ1) is 30.5. The van der Waals surface area contributed by atoms with Crippen LogP contribution in [0.5, 0.6) is 0 Å². The molecule has 65 heavy (non-hydrogen) atoms. The van der Waals surface area contributed by atoms with Gasteiger partial charge in [0.05, 0.1) is 22.4 Å². The monoisotopic (exact) mass is 857 g/mol. The molecule has 4 nitrogen and oxygen atoms in total. The van der Waals surface area contributed by atoms with Crippen molar-refractivity contribution < 1.29 is 0 Å². The van der Waals surface area contributed by atoms with Crippen LogP contribution in [0.4, 0.5) is 22.7 Å². The lowest BCUT2D eigenvalue weighted by atomic mass is 9.77. The summed E-state index contributed by atoms with van der Waals surface area (Å²) in [6, 6.07) is 52.6. The van der Waals surface area contributed by atoms with Gasteiger partial charge in [-0.2, -0.15) is 0 Å². The average Bonchev–Trinajstić information content (AvgIpc) is 3.81. The maximum atomic E-state index is 5.28. The van der Waals surface area contributed by atoms with Gasteiger partial charge in [-0.1, -0.05) is 182 Å². The maximum Gasteiger partial charge on any atom is 0.137 e. The van der Waals surface area contributed by atoms with Crippen LogP contribution in [0.1, 0.15) is 130 Å². The van der Waals surface area contributed by atoms with Gasteiger partial charge in [0.2, 0.25) is 0 Å². The van der Waals surface area contributed by atoms with Crippen molar-refractivity contribution in [1.29, 1.82) is 0 Å². The van der Waals surface area contributed by atoms with Crippen LogP contribution in [0.25, 0.3) is 38.8 Å². The Morgan fingerprint density at radius 3 is 1.57 bits per heavy atom. The topological polar surface area (TPSA) is 24.3 Å². The molecule has 3 heterocycles. The Morgan fingerprint density at radius 1 is 0.415 bits per heavy atom. The Hall–Kier alpha value is -6.13. The molecule has 0 saturated carbocycles. The fourth-order valence-electron chi connectivity index (χ4n) is 9.69. The summed E-state index contributed by atoms with van der Waals surface area (Å²) in [4.78, 5) is 10.3. The van der Waals surface area contributed by atoms with Crippen molar-refractivity contribution in [2.45, 2.75) is 124 Å². The molecule has 0 saturated heterocycles. The molecule has 0 aliphatic carbocycles. The van der Waals surface area contributed by atoms with Crippen LogP contribution >= 0.6 is 0 Å². The van der Waals surface area contributed by atoms with Gasteiger partial charge in [-0.25, -0.2) is 4.98 Å². The second kappa shape index (κ2) is 15.5. The predicted octanol–water partition coefficient (Wildman–Crippen LogP) is 16.6. The third kappa shape index (κ3) is 8.04. The highest BCUT2D eigenvalue weighted by Crippen LogP contribution is 2.47. The van der Waals surface area contributed by atoms with E-state index in [9.17, 15) is 0 Å². The van der Waals surface area contributed by atoms with Crippen LogP contribution in [0.2, 0.25) is 0 Å². The van der Waals surface area contributed by atoms with E-state index in [0.29, 0.717) is 0 Å². The van der Waals surface area contributed by atoms with Crippen molar-refractivity contribution in [3.05, 3.63) is 179 Å². The summed E-state index contributed by atoms with van der Waals surface area (Å²) >= 11 is 0. The van der Waals surface area contributed by atoms with Gasteiger partial charge in [-0.15, -0.1) is 0 Å². The minimum Gasteiger partial charge on any atom is -0.321 e. The highest BCUT2D eigenvalue weighted by atomic mass is 15.4. The Labute approximate surface area is 389 Å². The smallest absolute Gasteiger partial charge is 0.137 e. The zero-order valence-corrected chi connectivity index (χ0v) is 41.4. The largest absolute Gasteiger partial charge is 0.321 e. The first-order valence-corrected chi connectivity index (χ1v) is 23.6. The zero-order chi connectivity index (χ0) is 46.4. The normalized spacial score (nSPS) is 13.9. The summed E-state index contributed by atoms with van der Waals surface area (Å²) in [5.41, 5.74) is 17.2. The van der Waals surface area contributed by atoms with E-state index in [1.807, 2.05) is 0 Å². The van der Waals surface area contributed by atoms with Gasteiger partial charge in [0.1, 0.15) is 12.5 Å². The summed E-state index contributed by atoms with van der Waals surface area (Å²) < 4.78 is 2.39. The van der Waals surface area contributed by atoms with Crippen LogP contribution in [0.3, 0.4) is 0 Å². The van der Waals surface area contributed by atoms with Crippen molar-refractivity contribution in [3.63, 3.8) is 0 Å². The lowest BCUT2D eigenvalue weighted by Crippen LogP contribution is -2.26. The molecular formula is C61H68N4. The molecule has 0 bridgehead atoms. The lowest BCUT2D eigenvalue weighted by molar-refractivity contribution is 0.568. The number of benzene rings is 6. The van der Waals surface area contributed by atoms with Crippen LogP contribution in [0.15, 0.2) is 146 Å². The van der Waals surface area contributed by atoms with E-state index < -0.39 is 0 Å². The first kappa shape index (κ1) is 44.1. The summed E-state index contributed by atoms with van der Waals surface area (Å²) in [6.45, 7) is 33.1. The second-order valence-corrected chi connectivity index (χ2v) is 23.2. The minimum atomic E-state index is -0.305. The number of hydrogen-bond donors (Lipinski definition) is 0. The fraction of sp³-hybridized carbons (Fsp3) is 0.328. The molecule has 1 aliphatic heterocycles. The molecule has 332 valence electrons. The number of fused-ring (bicyclic) bond motifs is 4. The van der Waals surface area contributed by atoms with Crippen molar-refractivity contribution >= 4 is 44.6 Å². The Morgan fingerprint density at radius 2 is 0.954 bits per heavy atom.